The maximum atomic E-state index is 12.6. The van der Waals surface area contributed by atoms with Crippen molar-refractivity contribution in [3.63, 3.8) is 0 Å². The van der Waals surface area contributed by atoms with Crippen molar-refractivity contribution in [1.29, 1.82) is 0 Å². The summed E-state index contributed by atoms with van der Waals surface area (Å²) >= 11 is 0. The third kappa shape index (κ3) is 3.47. The number of anilines is 1. The van der Waals surface area contributed by atoms with Crippen molar-refractivity contribution in [2.45, 2.75) is 6.61 Å². The zero-order chi connectivity index (χ0) is 14.5. The van der Waals surface area contributed by atoms with Gasteiger partial charge in [0, 0.05) is 0 Å². The number of nitrogens with zero attached hydrogens (tertiary/aromatic N) is 1. The van der Waals surface area contributed by atoms with Gasteiger partial charge < -0.3 is 10.1 Å². The third-order valence-electron chi connectivity index (χ3n) is 2.33. The van der Waals surface area contributed by atoms with Gasteiger partial charge in [0.2, 0.25) is 5.95 Å². The maximum absolute atomic E-state index is 12.6. The molecule has 0 atom stereocenters. The van der Waals surface area contributed by atoms with Crippen molar-refractivity contribution in [2.75, 3.05) is 5.32 Å². The number of para-hydroxylation sites is 1. The summed E-state index contributed by atoms with van der Waals surface area (Å²) in [5.41, 5.74) is 0.181. The van der Waals surface area contributed by atoms with E-state index in [9.17, 15) is 18.0 Å². The Kier molecular flexibility index (Phi) is 4.19. The fourth-order valence-corrected chi connectivity index (χ4v) is 1.50. The van der Waals surface area contributed by atoms with Crippen LogP contribution in [0.2, 0.25) is 0 Å². The number of amides is 1. The van der Waals surface area contributed by atoms with Crippen molar-refractivity contribution >= 4 is 11.6 Å². The number of nitrogens with one attached hydrogen (secondary N) is 1. The first-order chi connectivity index (χ1) is 9.56. The summed E-state index contributed by atoms with van der Waals surface area (Å²) in [6.07, 6.45) is 1.11. The number of ether oxygens (including phenoxy) is 1. The van der Waals surface area contributed by atoms with E-state index in [-0.39, 0.29) is 17.0 Å². The lowest BCUT2D eigenvalue weighted by Gasteiger charge is -2.10. The molecule has 0 aliphatic carbocycles. The Bertz CT molecular complexity index is 603. The third-order valence-corrected chi connectivity index (χ3v) is 2.33. The predicted octanol–water partition coefficient (Wildman–Crippen LogP) is 3.07. The molecular formula is C13H9F3N2O2. The molecule has 0 spiro atoms. The van der Waals surface area contributed by atoms with Gasteiger partial charge in [0.05, 0.1) is 17.4 Å². The fourth-order valence-electron chi connectivity index (χ4n) is 1.50. The summed E-state index contributed by atoms with van der Waals surface area (Å²) in [4.78, 5) is 15.3. The van der Waals surface area contributed by atoms with Crippen LogP contribution >= 0.6 is 0 Å². The van der Waals surface area contributed by atoms with Crippen LogP contribution in [-0.2, 0) is 0 Å². The van der Waals surface area contributed by atoms with Gasteiger partial charge in [-0.25, -0.2) is 4.98 Å². The second kappa shape index (κ2) is 6.05. The molecule has 2 rings (SSSR count). The van der Waals surface area contributed by atoms with Crippen LogP contribution in [0, 0.1) is 5.95 Å². The average molecular weight is 282 g/mol. The Morgan fingerprint density at radius 3 is 2.60 bits per heavy atom. The number of benzene rings is 1. The highest BCUT2D eigenvalue weighted by Crippen LogP contribution is 2.21. The molecule has 0 bridgehead atoms. The van der Waals surface area contributed by atoms with Crippen LogP contribution in [0.15, 0.2) is 42.6 Å². The van der Waals surface area contributed by atoms with Gasteiger partial charge in [0.25, 0.3) is 5.91 Å². The van der Waals surface area contributed by atoms with Crippen LogP contribution in [0.1, 0.15) is 10.4 Å². The van der Waals surface area contributed by atoms with E-state index in [0.29, 0.717) is 0 Å². The number of pyridine rings is 1. The summed E-state index contributed by atoms with van der Waals surface area (Å²) in [6.45, 7) is -3.03. The molecule has 1 N–H and O–H groups in total. The van der Waals surface area contributed by atoms with Gasteiger partial charge in [0.1, 0.15) is 5.75 Å². The Labute approximate surface area is 112 Å². The van der Waals surface area contributed by atoms with Crippen LogP contribution in [-0.4, -0.2) is 17.5 Å². The minimum absolute atomic E-state index is 0.0582. The smallest absolute Gasteiger partial charge is 0.387 e. The monoisotopic (exact) mass is 282 g/mol. The molecule has 20 heavy (non-hydrogen) atoms. The number of carbonyl (C=O) groups is 1. The lowest BCUT2D eigenvalue weighted by Crippen LogP contribution is -2.15. The van der Waals surface area contributed by atoms with Crippen LogP contribution < -0.4 is 10.1 Å². The SMILES string of the molecule is O=C(Nc1ccc(F)nc1)c1ccccc1OC(F)F. The Balaban J connectivity index is 2.18. The van der Waals surface area contributed by atoms with E-state index in [1.807, 2.05) is 0 Å². The Morgan fingerprint density at radius 1 is 1.20 bits per heavy atom. The van der Waals surface area contributed by atoms with E-state index in [2.05, 4.69) is 15.0 Å². The van der Waals surface area contributed by atoms with Gasteiger partial charge in [-0.05, 0) is 24.3 Å². The molecule has 0 aliphatic rings. The summed E-state index contributed by atoms with van der Waals surface area (Å²) in [7, 11) is 0. The predicted molar refractivity (Wildman–Crippen MR) is 65.2 cm³/mol. The quantitative estimate of drug-likeness (QED) is 0.877. The molecule has 7 heteroatoms. The van der Waals surface area contributed by atoms with Gasteiger partial charge in [0.15, 0.2) is 0 Å². The summed E-state index contributed by atoms with van der Waals surface area (Å²) in [5.74, 6) is -1.59. The van der Waals surface area contributed by atoms with E-state index >= 15 is 0 Å². The van der Waals surface area contributed by atoms with Gasteiger partial charge in [-0.2, -0.15) is 13.2 Å². The van der Waals surface area contributed by atoms with Gasteiger partial charge in [-0.3, -0.25) is 4.79 Å². The Morgan fingerprint density at radius 2 is 1.95 bits per heavy atom. The number of rotatable bonds is 4. The normalized spacial score (nSPS) is 10.4. The molecular weight excluding hydrogens is 273 g/mol. The van der Waals surface area contributed by atoms with Crippen LogP contribution in [0.5, 0.6) is 5.75 Å². The largest absolute Gasteiger partial charge is 0.434 e. The number of halogens is 3. The van der Waals surface area contributed by atoms with Gasteiger partial charge >= 0.3 is 6.61 Å². The summed E-state index contributed by atoms with van der Waals surface area (Å²) in [5, 5.41) is 2.41. The molecule has 1 heterocycles. The van der Waals surface area contributed by atoms with Crippen LogP contribution in [0.25, 0.3) is 0 Å². The number of hydrogen-bond donors (Lipinski definition) is 1. The zero-order valence-electron chi connectivity index (χ0n) is 10.0. The van der Waals surface area contributed by atoms with Crippen LogP contribution in [0.4, 0.5) is 18.9 Å². The number of carbonyl (C=O) groups excluding carboxylic acids is 1. The van der Waals surface area contributed by atoms with E-state index in [1.54, 1.807) is 0 Å². The topological polar surface area (TPSA) is 51.2 Å². The van der Waals surface area contributed by atoms with E-state index < -0.39 is 18.5 Å². The second-order valence-electron chi connectivity index (χ2n) is 3.70. The maximum Gasteiger partial charge on any atom is 0.387 e. The second-order valence-corrected chi connectivity index (χ2v) is 3.70. The van der Waals surface area contributed by atoms with Crippen molar-refractivity contribution in [3.05, 3.63) is 54.1 Å². The first kappa shape index (κ1) is 13.9. The van der Waals surface area contributed by atoms with Crippen LogP contribution in [0.3, 0.4) is 0 Å². The Hall–Kier alpha value is -2.57. The molecule has 1 amide bonds. The van der Waals surface area contributed by atoms with Gasteiger partial charge in [-0.1, -0.05) is 12.1 Å². The highest BCUT2D eigenvalue weighted by molar-refractivity contribution is 6.06. The molecule has 4 nitrogen and oxygen atoms in total. The lowest BCUT2D eigenvalue weighted by molar-refractivity contribution is -0.0501. The van der Waals surface area contributed by atoms with Crippen molar-refractivity contribution < 1.29 is 22.7 Å². The molecule has 0 unspecified atom stereocenters. The molecule has 0 aliphatic heterocycles. The molecule has 2 aromatic rings. The molecule has 1 aromatic carbocycles. The van der Waals surface area contributed by atoms with E-state index in [4.69, 9.17) is 0 Å². The summed E-state index contributed by atoms with van der Waals surface area (Å²) in [6, 6.07) is 7.94. The zero-order valence-corrected chi connectivity index (χ0v) is 10.0. The first-order valence-corrected chi connectivity index (χ1v) is 5.53. The van der Waals surface area contributed by atoms with Crippen molar-refractivity contribution in [2.24, 2.45) is 0 Å². The lowest BCUT2D eigenvalue weighted by atomic mass is 10.2. The highest BCUT2D eigenvalue weighted by atomic mass is 19.3. The van der Waals surface area contributed by atoms with Gasteiger partial charge in [-0.15, -0.1) is 0 Å². The molecule has 0 saturated heterocycles. The summed E-state index contributed by atoms with van der Waals surface area (Å²) < 4.78 is 41.3. The molecule has 0 radical (unpaired) electrons. The van der Waals surface area contributed by atoms with E-state index in [1.165, 1.54) is 30.3 Å². The fraction of sp³-hybridized carbons (Fsp3) is 0.0769. The van der Waals surface area contributed by atoms with E-state index in [0.717, 1.165) is 12.3 Å². The highest BCUT2D eigenvalue weighted by Gasteiger charge is 2.15. The molecule has 0 saturated carbocycles. The average Bonchev–Trinajstić information content (AvgIpc) is 2.41. The van der Waals surface area contributed by atoms with Crippen molar-refractivity contribution in [1.82, 2.24) is 4.98 Å². The number of alkyl halides is 2. The standard InChI is InChI=1S/C13H9F3N2O2/c14-11-6-5-8(7-17-11)18-12(19)9-3-1-2-4-10(9)20-13(15)16/h1-7,13H,(H,18,19). The molecule has 1 aromatic heterocycles. The number of hydrogen-bond acceptors (Lipinski definition) is 3. The molecule has 104 valence electrons. The minimum atomic E-state index is -3.03. The first-order valence-electron chi connectivity index (χ1n) is 5.53. The minimum Gasteiger partial charge on any atom is -0.434 e. The number of aromatic nitrogens is 1. The molecule has 0 fully saturated rings. The van der Waals surface area contributed by atoms with Crippen molar-refractivity contribution in [3.8, 4) is 5.75 Å².